The molecule has 104 valence electrons. The van der Waals surface area contributed by atoms with Gasteiger partial charge in [-0.3, -0.25) is 4.90 Å². The highest BCUT2D eigenvalue weighted by molar-refractivity contribution is 5.18. The van der Waals surface area contributed by atoms with Crippen LogP contribution in [0.25, 0.3) is 0 Å². The van der Waals surface area contributed by atoms with E-state index in [-0.39, 0.29) is 6.04 Å². The molecule has 2 unspecified atom stereocenters. The van der Waals surface area contributed by atoms with Gasteiger partial charge in [-0.25, -0.2) is 0 Å². The van der Waals surface area contributed by atoms with E-state index in [2.05, 4.69) is 35.2 Å². The van der Waals surface area contributed by atoms with E-state index in [0.29, 0.717) is 0 Å². The summed E-state index contributed by atoms with van der Waals surface area (Å²) in [5.74, 6) is 0.950. The molecule has 2 aliphatic rings. The molecular weight excluding hydrogens is 232 g/mol. The van der Waals surface area contributed by atoms with Crippen LogP contribution in [0.3, 0.4) is 0 Å². The summed E-state index contributed by atoms with van der Waals surface area (Å²) in [4.78, 5) is 2.67. The van der Waals surface area contributed by atoms with Crippen LogP contribution in [0.1, 0.15) is 50.1 Å². The van der Waals surface area contributed by atoms with Gasteiger partial charge in [0.25, 0.3) is 0 Å². The van der Waals surface area contributed by atoms with E-state index in [1.807, 2.05) is 0 Å². The smallest absolute Gasteiger partial charge is 0.0424 e. The first-order valence-corrected chi connectivity index (χ1v) is 7.89. The molecule has 1 saturated heterocycles. The first-order chi connectivity index (χ1) is 9.34. The zero-order valence-electron chi connectivity index (χ0n) is 11.8. The first kappa shape index (κ1) is 13.1. The second-order valence-electron chi connectivity index (χ2n) is 6.27. The summed E-state index contributed by atoms with van der Waals surface area (Å²) in [7, 11) is 0. The van der Waals surface area contributed by atoms with Gasteiger partial charge in [0.15, 0.2) is 0 Å². The van der Waals surface area contributed by atoms with Crippen LogP contribution in [0.5, 0.6) is 0 Å². The SMILES string of the molecule is NC(CN1CCCC1C1CCCC1)c1ccccc1. The largest absolute Gasteiger partial charge is 0.323 e. The van der Waals surface area contributed by atoms with Gasteiger partial charge in [-0.05, 0) is 43.7 Å². The maximum absolute atomic E-state index is 6.39. The molecule has 1 saturated carbocycles. The topological polar surface area (TPSA) is 29.3 Å². The molecule has 0 amide bonds. The predicted octanol–water partition coefficient (Wildman–Crippen LogP) is 3.34. The summed E-state index contributed by atoms with van der Waals surface area (Å²) in [6, 6.07) is 11.5. The fraction of sp³-hybridized carbons (Fsp3) is 0.647. The van der Waals surface area contributed by atoms with Crippen molar-refractivity contribution in [3.05, 3.63) is 35.9 Å². The van der Waals surface area contributed by atoms with Crippen LogP contribution >= 0.6 is 0 Å². The third-order valence-electron chi connectivity index (χ3n) is 5.02. The van der Waals surface area contributed by atoms with Crippen LogP contribution in [-0.2, 0) is 0 Å². The van der Waals surface area contributed by atoms with E-state index in [0.717, 1.165) is 18.5 Å². The highest BCUT2D eigenvalue weighted by atomic mass is 15.2. The van der Waals surface area contributed by atoms with Crippen molar-refractivity contribution in [2.24, 2.45) is 11.7 Å². The molecule has 0 radical (unpaired) electrons. The molecule has 0 spiro atoms. The Hall–Kier alpha value is -0.860. The van der Waals surface area contributed by atoms with Gasteiger partial charge in [0.2, 0.25) is 0 Å². The van der Waals surface area contributed by atoms with Gasteiger partial charge in [-0.1, -0.05) is 43.2 Å². The van der Waals surface area contributed by atoms with Crippen LogP contribution in [0.2, 0.25) is 0 Å². The lowest BCUT2D eigenvalue weighted by Crippen LogP contribution is -2.39. The minimum atomic E-state index is 0.170. The van der Waals surface area contributed by atoms with E-state index in [9.17, 15) is 0 Å². The lowest BCUT2D eigenvalue weighted by Gasteiger charge is -2.31. The summed E-state index contributed by atoms with van der Waals surface area (Å²) >= 11 is 0. The Balaban J connectivity index is 1.62. The molecule has 1 aromatic rings. The molecule has 2 fully saturated rings. The maximum atomic E-state index is 6.39. The standard InChI is InChI=1S/C17H26N2/c18-16(14-7-2-1-3-8-14)13-19-12-6-11-17(19)15-9-4-5-10-15/h1-3,7-8,15-17H,4-6,9-13,18H2. The molecule has 2 heteroatoms. The highest BCUT2D eigenvalue weighted by Crippen LogP contribution is 2.35. The normalized spacial score (nSPS) is 26.9. The quantitative estimate of drug-likeness (QED) is 0.897. The Kier molecular flexibility index (Phi) is 4.19. The summed E-state index contributed by atoms with van der Waals surface area (Å²) in [6.07, 6.45) is 8.54. The van der Waals surface area contributed by atoms with Crippen molar-refractivity contribution in [3.63, 3.8) is 0 Å². The highest BCUT2D eigenvalue weighted by Gasteiger charge is 2.33. The Morgan fingerprint density at radius 3 is 2.53 bits per heavy atom. The van der Waals surface area contributed by atoms with E-state index in [1.165, 1.54) is 50.6 Å². The minimum Gasteiger partial charge on any atom is -0.323 e. The summed E-state index contributed by atoms with van der Waals surface area (Å²) in [6.45, 7) is 2.28. The van der Waals surface area contributed by atoms with Crippen LogP contribution in [-0.4, -0.2) is 24.0 Å². The average Bonchev–Trinajstić information content (AvgIpc) is 3.10. The van der Waals surface area contributed by atoms with Crippen molar-refractivity contribution in [3.8, 4) is 0 Å². The third-order valence-corrected chi connectivity index (χ3v) is 5.02. The van der Waals surface area contributed by atoms with Gasteiger partial charge in [-0.15, -0.1) is 0 Å². The third kappa shape index (κ3) is 3.01. The van der Waals surface area contributed by atoms with Crippen molar-refractivity contribution < 1.29 is 0 Å². The van der Waals surface area contributed by atoms with Crippen LogP contribution in [0, 0.1) is 5.92 Å². The summed E-state index contributed by atoms with van der Waals surface area (Å²) in [5.41, 5.74) is 7.67. The molecule has 1 heterocycles. The molecule has 19 heavy (non-hydrogen) atoms. The fourth-order valence-electron chi connectivity index (χ4n) is 4.01. The van der Waals surface area contributed by atoms with Crippen molar-refractivity contribution in [2.75, 3.05) is 13.1 Å². The number of hydrogen-bond acceptors (Lipinski definition) is 2. The van der Waals surface area contributed by atoms with Crippen LogP contribution in [0.15, 0.2) is 30.3 Å². The molecule has 2 nitrogen and oxygen atoms in total. The van der Waals surface area contributed by atoms with Gasteiger partial charge in [0.05, 0.1) is 0 Å². The number of rotatable bonds is 4. The molecule has 2 atom stereocenters. The predicted molar refractivity (Wildman–Crippen MR) is 79.9 cm³/mol. The molecule has 2 N–H and O–H groups in total. The van der Waals surface area contributed by atoms with E-state index in [1.54, 1.807) is 0 Å². The Bertz CT molecular complexity index is 384. The van der Waals surface area contributed by atoms with Gasteiger partial charge in [-0.2, -0.15) is 0 Å². The van der Waals surface area contributed by atoms with Crippen LogP contribution < -0.4 is 5.73 Å². The molecule has 3 rings (SSSR count). The van der Waals surface area contributed by atoms with Crippen LogP contribution in [0.4, 0.5) is 0 Å². The molecular formula is C17H26N2. The fourth-order valence-corrected chi connectivity index (χ4v) is 4.01. The lowest BCUT2D eigenvalue weighted by atomic mass is 9.95. The molecule has 0 bridgehead atoms. The number of likely N-dealkylation sites (tertiary alicyclic amines) is 1. The first-order valence-electron chi connectivity index (χ1n) is 7.89. The number of nitrogens with zero attached hydrogens (tertiary/aromatic N) is 1. The second-order valence-corrected chi connectivity index (χ2v) is 6.27. The Morgan fingerprint density at radius 2 is 1.79 bits per heavy atom. The van der Waals surface area contributed by atoms with E-state index >= 15 is 0 Å². The molecule has 1 aliphatic carbocycles. The van der Waals surface area contributed by atoms with Gasteiger partial charge in [0, 0.05) is 18.6 Å². The minimum absolute atomic E-state index is 0.170. The number of nitrogens with two attached hydrogens (primary N) is 1. The second kappa shape index (κ2) is 6.06. The summed E-state index contributed by atoms with van der Waals surface area (Å²) < 4.78 is 0. The molecule has 1 aliphatic heterocycles. The lowest BCUT2D eigenvalue weighted by molar-refractivity contribution is 0.181. The van der Waals surface area contributed by atoms with E-state index in [4.69, 9.17) is 5.73 Å². The number of hydrogen-bond donors (Lipinski definition) is 1. The van der Waals surface area contributed by atoms with E-state index < -0.39 is 0 Å². The molecule has 1 aromatic carbocycles. The Labute approximate surface area is 117 Å². The van der Waals surface area contributed by atoms with Crippen molar-refractivity contribution >= 4 is 0 Å². The zero-order valence-corrected chi connectivity index (χ0v) is 11.8. The average molecular weight is 258 g/mol. The summed E-state index contributed by atoms with van der Waals surface area (Å²) in [5, 5.41) is 0. The van der Waals surface area contributed by atoms with Gasteiger partial charge < -0.3 is 5.73 Å². The van der Waals surface area contributed by atoms with Gasteiger partial charge in [0.1, 0.15) is 0 Å². The van der Waals surface area contributed by atoms with Crippen molar-refractivity contribution in [1.29, 1.82) is 0 Å². The maximum Gasteiger partial charge on any atom is 0.0424 e. The van der Waals surface area contributed by atoms with Gasteiger partial charge >= 0.3 is 0 Å². The number of benzene rings is 1. The van der Waals surface area contributed by atoms with Crippen molar-refractivity contribution in [2.45, 2.75) is 50.6 Å². The monoisotopic (exact) mass is 258 g/mol. The van der Waals surface area contributed by atoms with Crippen molar-refractivity contribution in [1.82, 2.24) is 4.90 Å². The zero-order chi connectivity index (χ0) is 13.1. The molecule has 0 aromatic heterocycles. The Morgan fingerprint density at radius 1 is 1.05 bits per heavy atom.